The molecule has 2 aromatic rings. The summed E-state index contributed by atoms with van der Waals surface area (Å²) in [4.78, 5) is 7.14. The van der Waals surface area contributed by atoms with Gasteiger partial charge in [-0.2, -0.15) is 0 Å². The van der Waals surface area contributed by atoms with Crippen LogP contribution in [-0.4, -0.2) is 24.1 Å². The molecule has 106 valence electrons. The fraction of sp³-hybridized carbons (Fsp3) is 0.471. The van der Waals surface area contributed by atoms with Gasteiger partial charge in [0.05, 0.1) is 5.52 Å². The summed E-state index contributed by atoms with van der Waals surface area (Å²) >= 11 is 0. The minimum Gasteiger partial charge on any atom is -0.357 e. The van der Waals surface area contributed by atoms with Crippen molar-refractivity contribution >= 4 is 16.7 Å². The van der Waals surface area contributed by atoms with Crippen molar-refractivity contribution in [2.45, 2.75) is 45.3 Å². The second-order valence-electron chi connectivity index (χ2n) is 6.02. The smallest absolute Gasteiger partial charge is 0.133 e. The van der Waals surface area contributed by atoms with Gasteiger partial charge in [-0.15, -0.1) is 0 Å². The van der Waals surface area contributed by atoms with E-state index in [0.29, 0.717) is 6.04 Å². The van der Waals surface area contributed by atoms with Crippen LogP contribution in [0, 0.1) is 0 Å². The van der Waals surface area contributed by atoms with E-state index in [9.17, 15) is 0 Å². The van der Waals surface area contributed by atoms with Gasteiger partial charge in [-0.1, -0.05) is 18.2 Å². The maximum absolute atomic E-state index is 4.88. The van der Waals surface area contributed by atoms with Gasteiger partial charge in [0.15, 0.2) is 0 Å². The van der Waals surface area contributed by atoms with Gasteiger partial charge in [-0.3, -0.25) is 0 Å². The van der Waals surface area contributed by atoms with Gasteiger partial charge in [0.2, 0.25) is 0 Å². The highest BCUT2D eigenvalue weighted by Crippen LogP contribution is 2.26. The Bertz CT molecular complexity index is 602. The van der Waals surface area contributed by atoms with Crippen LogP contribution in [0.5, 0.6) is 0 Å². The fourth-order valence-corrected chi connectivity index (χ4v) is 2.37. The lowest BCUT2D eigenvalue weighted by Gasteiger charge is -2.25. The zero-order valence-electron chi connectivity index (χ0n) is 12.6. The zero-order valence-corrected chi connectivity index (χ0v) is 12.6. The maximum Gasteiger partial charge on any atom is 0.133 e. The van der Waals surface area contributed by atoms with Gasteiger partial charge in [-0.25, -0.2) is 4.98 Å². The van der Waals surface area contributed by atoms with Gasteiger partial charge < -0.3 is 10.2 Å². The molecule has 0 bridgehead atoms. The van der Waals surface area contributed by atoms with E-state index in [-0.39, 0.29) is 0 Å². The first-order chi connectivity index (χ1) is 9.65. The topological polar surface area (TPSA) is 28.2 Å². The van der Waals surface area contributed by atoms with Crippen LogP contribution in [0.4, 0.5) is 5.82 Å². The third-order valence-corrected chi connectivity index (χ3v) is 4.05. The highest BCUT2D eigenvalue weighted by Gasteiger charge is 2.21. The summed E-state index contributed by atoms with van der Waals surface area (Å²) in [7, 11) is 2.13. The molecule has 1 heterocycles. The number of aromatic nitrogens is 1. The minimum absolute atomic E-state index is 0.448. The Hall–Kier alpha value is -1.61. The quantitative estimate of drug-likeness (QED) is 0.902. The Balaban J connectivity index is 1.99. The molecular weight excluding hydrogens is 246 g/mol. The lowest BCUT2D eigenvalue weighted by Crippen LogP contribution is -2.29. The van der Waals surface area contributed by atoms with Crippen LogP contribution in [0.1, 0.15) is 32.3 Å². The standard InChI is InChI=1S/C17H23N3/c1-12(2)20(3)17-14(11-18-15-8-9-15)10-13-6-4-5-7-16(13)19-17/h4-7,10,12,15,18H,8-9,11H2,1-3H3. The normalized spacial score (nSPS) is 15.0. The first-order valence-electron chi connectivity index (χ1n) is 7.50. The van der Waals surface area contributed by atoms with E-state index in [1.54, 1.807) is 0 Å². The summed E-state index contributed by atoms with van der Waals surface area (Å²) in [6, 6.07) is 11.8. The van der Waals surface area contributed by atoms with E-state index < -0.39 is 0 Å². The van der Waals surface area contributed by atoms with E-state index in [4.69, 9.17) is 4.98 Å². The van der Waals surface area contributed by atoms with Crippen LogP contribution in [-0.2, 0) is 6.54 Å². The summed E-state index contributed by atoms with van der Waals surface area (Å²) in [5.41, 5.74) is 2.37. The number of para-hydroxylation sites is 1. The lowest BCUT2D eigenvalue weighted by atomic mass is 10.1. The van der Waals surface area contributed by atoms with Gasteiger partial charge in [0.1, 0.15) is 5.82 Å². The predicted octanol–water partition coefficient (Wildman–Crippen LogP) is 3.33. The zero-order chi connectivity index (χ0) is 14.1. The number of nitrogens with zero attached hydrogens (tertiary/aromatic N) is 2. The van der Waals surface area contributed by atoms with E-state index in [1.165, 1.54) is 23.8 Å². The Morgan fingerprint density at radius 1 is 1.30 bits per heavy atom. The number of pyridine rings is 1. The predicted molar refractivity (Wildman–Crippen MR) is 85.1 cm³/mol. The number of rotatable bonds is 5. The summed E-state index contributed by atoms with van der Waals surface area (Å²) < 4.78 is 0. The van der Waals surface area contributed by atoms with Crippen LogP contribution in [0.25, 0.3) is 10.9 Å². The summed E-state index contributed by atoms with van der Waals surface area (Å²) in [5, 5.41) is 4.83. The Labute approximate surface area is 121 Å². The third kappa shape index (κ3) is 2.78. The molecule has 1 aliphatic carbocycles. The average Bonchev–Trinajstić information content (AvgIpc) is 3.27. The highest BCUT2D eigenvalue weighted by molar-refractivity contribution is 5.81. The van der Waals surface area contributed by atoms with Gasteiger partial charge in [0, 0.05) is 36.6 Å². The van der Waals surface area contributed by atoms with E-state index in [0.717, 1.165) is 23.9 Å². The van der Waals surface area contributed by atoms with Gasteiger partial charge in [0.25, 0.3) is 0 Å². The molecule has 3 rings (SSSR count). The second kappa shape index (κ2) is 5.41. The fourth-order valence-electron chi connectivity index (χ4n) is 2.37. The average molecular weight is 269 g/mol. The van der Waals surface area contributed by atoms with Crippen LogP contribution >= 0.6 is 0 Å². The molecule has 1 N–H and O–H groups in total. The third-order valence-electron chi connectivity index (χ3n) is 4.05. The van der Waals surface area contributed by atoms with Crippen LogP contribution in [0.3, 0.4) is 0 Å². The second-order valence-corrected chi connectivity index (χ2v) is 6.02. The Kier molecular flexibility index (Phi) is 3.62. The molecule has 0 saturated heterocycles. The molecule has 0 atom stereocenters. The molecule has 1 aliphatic rings. The SMILES string of the molecule is CC(C)N(C)c1nc2ccccc2cc1CNC1CC1. The van der Waals surface area contributed by atoms with E-state index in [2.05, 4.69) is 61.4 Å². The molecule has 3 heteroatoms. The van der Waals surface area contributed by atoms with Crippen LogP contribution in [0.15, 0.2) is 30.3 Å². The number of hydrogen-bond acceptors (Lipinski definition) is 3. The molecule has 1 saturated carbocycles. The first kappa shape index (κ1) is 13.4. The van der Waals surface area contributed by atoms with Crippen molar-refractivity contribution in [1.29, 1.82) is 0 Å². The summed E-state index contributed by atoms with van der Waals surface area (Å²) in [6.07, 6.45) is 2.63. The molecule has 1 aromatic heterocycles. The number of benzene rings is 1. The van der Waals surface area contributed by atoms with Crippen molar-refractivity contribution in [3.05, 3.63) is 35.9 Å². The van der Waals surface area contributed by atoms with Crippen molar-refractivity contribution < 1.29 is 0 Å². The number of fused-ring (bicyclic) bond motifs is 1. The molecule has 1 aromatic carbocycles. The highest BCUT2D eigenvalue weighted by atomic mass is 15.2. The van der Waals surface area contributed by atoms with Crippen molar-refractivity contribution in [2.75, 3.05) is 11.9 Å². The molecule has 0 aliphatic heterocycles. The first-order valence-corrected chi connectivity index (χ1v) is 7.50. The van der Waals surface area contributed by atoms with Crippen LogP contribution < -0.4 is 10.2 Å². The largest absolute Gasteiger partial charge is 0.357 e. The monoisotopic (exact) mass is 269 g/mol. The van der Waals surface area contributed by atoms with E-state index in [1.807, 2.05) is 0 Å². The van der Waals surface area contributed by atoms with Gasteiger partial charge >= 0.3 is 0 Å². The number of hydrogen-bond donors (Lipinski definition) is 1. The minimum atomic E-state index is 0.448. The van der Waals surface area contributed by atoms with Crippen LogP contribution in [0.2, 0.25) is 0 Å². The van der Waals surface area contributed by atoms with Crippen molar-refractivity contribution in [3.63, 3.8) is 0 Å². The molecule has 0 spiro atoms. The molecule has 0 unspecified atom stereocenters. The number of nitrogens with one attached hydrogen (secondary N) is 1. The molecule has 3 nitrogen and oxygen atoms in total. The summed E-state index contributed by atoms with van der Waals surface area (Å²) in [6.45, 7) is 5.32. The summed E-state index contributed by atoms with van der Waals surface area (Å²) in [5.74, 6) is 1.10. The van der Waals surface area contributed by atoms with Crippen molar-refractivity contribution in [1.82, 2.24) is 10.3 Å². The Morgan fingerprint density at radius 2 is 2.05 bits per heavy atom. The van der Waals surface area contributed by atoms with Crippen molar-refractivity contribution in [2.24, 2.45) is 0 Å². The lowest BCUT2D eigenvalue weighted by molar-refractivity contribution is 0.676. The molecule has 20 heavy (non-hydrogen) atoms. The van der Waals surface area contributed by atoms with E-state index >= 15 is 0 Å². The molecule has 0 radical (unpaired) electrons. The number of anilines is 1. The molecule has 1 fully saturated rings. The maximum atomic E-state index is 4.88. The van der Waals surface area contributed by atoms with Crippen molar-refractivity contribution in [3.8, 4) is 0 Å². The Morgan fingerprint density at radius 3 is 2.75 bits per heavy atom. The molecule has 0 amide bonds. The van der Waals surface area contributed by atoms with Gasteiger partial charge in [-0.05, 0) is 38.8 Å². The molecular formula is C17H23N3.